The van der Waals surface area contributed by atoms with E-state index < -0.39 is 32.6 Å². The van der Waals surface area contributed by atoms with E-state index in [1.165, 1.54) is 35.7 Å². The SMILES string of the molecule is O=C(NS(=O)(=O)c1ccc(NCCSc2ccccc2)c(C(F)(F)F)c1)c1ccc(N2CCN(Cc3ccc(-c4cncc(O)c4)c4ccccc34)CC2)cc1. The lowest BCUT2D eigenvalue weighted by Crippen LogP contribution is -2.46. The van der Waals surface area contributed by atoms with Gasteiger partial charge in [-0.3, -0.25) is 14.7 Å². The Hall–Kier alpha value is -5.57. The Bertz CT molecular complexity index is 2440. The summed E-state index contributed by atoms with van der Waals surface area (Å²) < 4.78 is 70.2. The molecule has 1 aromatic heterocycles. The smallest absolute Gasteiger partial charge is 0.418 e. The van der Waals surface area contributed by atoms with Gasteiger partial charge in [-0.25, -0.2) is 13.1 Å². The lowest BCUT2D eigenvalue weighted by atomic mass is 9.95. The van der Waals surface area contributed by atoms with E-state index in [1.54, 1.807) is 24.4 Å². The highest BCUT2D eigenvalue weighted by Gasteiger charge is 2.35. The van der Waals surface area contributed by atoms with E-state index >= 15 is 0 Å². The van der Waals surface area contributed by atoms with Gasteiger partial charge in [0.25, 0.3) is 15.9 Å². The van der Waals surface area contributed by atoms with Crippen molar-refractivity contribution in [2.75, 3.05) is 48.7 Å². The fourth-order valence-electron chi connectivity index (χ4n) is 6.75. The van der Waals surface area contributed by atoms with E-state index in [4.69, 9.17) is 0 Å². The Kier molecular flexibility index (Phi) is 11.5. The fourth-order valence-corrected chi connectivity index (χ4v) is 8.53. The standard InChI is InChI=1S/C42H38F3N5O4S2/c43-42(44,45)39-25-35(15-17-40(39)47-18-23-55-34-6-2-1-3-7-34)56(53,54)48-41(52)29-10-13-32(14-11-29)50-21-19-49(20-22-50)28-30-12-16-37(31-24-33(51)27-46-26-31)38-9-5-4-8-36(30)38/h1-17,24-27,47,51H,18-23,28H2,(H,48,52). The number of nitrogens with one attached hydrogen (secondary N) is 2. The van der Waals surface area contributed by atoms with Crippen molar-refractivity contribution >= 4 is 49.8 Å². The molecule has 0 radical (unpaired) electrons. The summed E-state index contributed by atoms with van der Waals surface area (Å²) in [7, 11) is -4.62. The highest BCUT2D eigenvalue weighted by atomic mass is 32.2. The normalized spacial score (nSPS) is 13.8. The number of carbonyl (C=O) groups is 1. The first-order valence-corrected chi connectivity index (χ1v) is 20.3. The summed E-state index contributed by atoms with van der Waals surface area (Å²) in [6, 6.07) is 32.6. The zero-order chi connectivity index (χ0) is 39.3. The van der Waals surface area contributed by atoms with Crippen molar-refractivity contribution in [2.24, 2.45) is 0 Å². The Labute approximate surface area is 327 Å². The number of aromatic nitrogens is 1. The number of hydrogen-bond acceptors (Lipinski definition) is 9. The summed E-state index contributed by atoms with van der Waals surface area (Å²) in [5, 5.41) is 14.9. The average Bonchev–Trinajstić information content (AvgIpc) is 3.20. The molecule has 0 bridgehead atoms. The number of alkyl halides is 3. The number of hydrogen-bond donors (Lipinski definition) is 3. The zero-order valence-electron chi connectivity index (χ0n) is 30.0. The van der Waals surface area contributed by atoms with Crippen molar-refractivity contribution in [1.82, 2.24) is 14.6 Å². The summed E-state index contributed by atoms with van der Waals surface area (Å²) in [5.74, 6) is -0.351. The van der Waals surface area contributed by atoms with Crippen LogP contribution in [0.3, 0.4) is 0 Å². The van der Waals surface area contributed by atoms with E-state index in [-0.39, 0.29) is 23.5 Å². The molecule has 3 N–H and O–H groups in total. The monoisotopic (exact) mass is 797 g/mol. The van der Waals surface area contributed by atoms with Gasteiger partial charge in [-0.2, -0.15) is 13.2 Å². The number of anilines is 2. The van der Waals surface area contributed by atoms with Crippen molar-refractivity contribution in [3.63, 3.8) is 0 Å². The Morgan fingerprint density at radius 3 is 2.25 bits per heavy atom. The van der Waals surface area contributed by atoms with Gasteiger partial charge in [0, 0.05) is 78.6 Å². The minimum atomic E-state index is -4.83. The maximum Gasteiger partial charge on any atom is 0.418 e. The summed E-state index contributed by atoms with van der Waals surface area (Å²) in [4.78, 5) is 22.0. The molecule has 0 atom stereocenters. The first kappa shape index (κ1) is 38.7. The van der Waals surface area contributed by atoms with E-state index in [1.807, 2.05) is 47.2 Å². The number of nitrogens with zero attached hydrogens (tertiary/aromatic N) is 3. The van der Waals surface area contributed by atoms with Crippen LogP contribution in [0.25, 0.3) is 21.9 Å². The molecule has 0 saturated carbocycles. The molecule has 14 heteroatoms. The summed E-state index contributed by atoms with van der Waals surface area (Å²) in [5.41, 5.74) is 2.54. The molecular weight excluding hydrogens is 760 g/mol. The van der Waals surface area contributed by atoms with Gasteiger partial charge in [0.05, 0.1) is 16.7 Å². The molecule has 1 aliphatic rings. The molecular formula is C42H38F3N5O4S2. The van der Waals surface area contributed by atoms with Crippen LogP contribution in [0.15, 0.2) is 137 Å². The lowest BCUT2D eigenvalue weighted by Gasteiger charge is -2.36. The van der Waals surface area contributed by atoms with Crippen LogP contribution in [-0.2, 0) is 22.7 Å². The second-order valence-corrected chi connectivity index (χ2v) is 16.1. The van der Waals surface area contributed by atoms with Gasteiger partial charge < -0.3 is 15.3 Å². The van der Waals surface area contributed by atoms with Crippen molar-refractivity contribution in [3.05, 3.63) is 144 Å². The summed E-state index contributed by atoms with van der Waals surface area (Å²) in [6.07, 6.45) is -1.68. The molecule has 0 unspecified atom stereocenters. The van der Waals surface area contributed by atoms with Crippen LogP contribution in [0.5, 0.6) is 5.75 Å². The molecule has 5 aromatic carbocycles. The number of thioether (sulfide) groups is 1. The Morgan fingerprint density at radius 1 is 0.821 bits per heavy atom. The molecule has 1 fully saturated rings. The van der Waals surface area contributed by atoms with E-state index in [0.717, 1.165) is 77.3 Å². The number of carbonyl (C=O) groups excluding carboxylic acids is 1. The number of halogens is 3. The van der Waals surface area contributed by atoms with Crippen molar-refractivity contribution < 1.29 is 31.5 Å². The molecule has 288 valence electrons. The first-order valence-electron chi connectivity index (χ1n) is 17.9. The predicted octanol–water partition coefficient (Wildman–Crippen LogP) is 8.27. The Balaban J connectivity index is 0.950. The lowest BCUT2D eigenvalue weighted by molar-refractivity contribution is -0.137. The van der Waals surface area contributed by atoms with Gasteiger partial charge in [-0.15, -0.1) is 11.8 Å². The van der Waals surface area contributed by atoms with Gasteiger partial charge in [0.1, 0.15) is 5.75 Å². The molecule has 1 amide bonds. The minimum Gasteiger partial charge on any atom is -0.506 e. The Morgan fingerprint density at radius 2 is 1.54 bits per heavy atom. The third-order valence-corrected chi connectivity index (χ3v) is 11.9. The second kappa shape index (κ2) is 16.7. The molecule has 7 rings (SSSR count). The molecule has 0 aliphatic carbocycles. The van der Waals surface area contributed by atoms with E-state index in [2.05, 4.69) is 44.4 Å². The van der Waals surface area contributed by atoms with Crippen LogP contribution in [0.4, 0.5) is 24.5 Å². The van der Waals surface area contributed by atoms with Crippen molar-refractivity contribution in [2.45, 2.75) is 22.5 Å². The maximum atomic E-state index is 14.0. The number of fused-ring (bicyclic) bond motifs is 1. The third kappa shape index (κ3) is 9.10. The van der Waals surface area contributed by atoms with Gasteiger partial charge >= 0.3 is 6.18 Å². The number of benzene rings is 5. The van der Waals surface area contributed by atoms with Gasteiger partial charge in [-0.05, 0) is 82.6 Å². The van der Waals surface area contributed by atoms with Crippen LogP contribution < -0.4 is 14.9 Å². The second-order valence-electron chi connectivity index (χ2n) is 13.3. The average molecular weight is 798 g/mol. The third-order valence-electron chi connectivity index (χ3n) is 9.57. The molecule has 2 heterocycles. The maximum absolute atomic E-state index is 14.0. The number of sulfonamides is 1. The number of aromatic hydroxyl groups is 1. The molecule has 0 spiro atoms. The summed E-state index contributed by atoms with van der Waals surface area (Å²) in [6.45, 7) is 3.98. The highest BCUT2D eigenvalue weighted by molar-refractivity contribution is 7.99. The van der Waals surface area contributed by atoms with Crippen LogP contribution in [0.1, 0.15) is 21.5 Å². The zero-order valence-corrected chi connectivity index (χ0v) is 31.7. The van der Waals surface area contributed by atoms with Crippen LogP contribution >= 0.6 is 11.8 Å². The van der Waals surface area contributed by atoms with Crippen molar-refractivity contribution in [3.8, 4) is 16.9 Å². The minimum absolute atomic E-state index is 0.0537. The predicted molar refractivity (Wildman–Crippen MR) is 215 cm³/mol. The molecule has 1 saturated heterocycles. The van der Waals surface area contributed by atoms with Gasteiger partial charge in [-0.1, -0.05) is 54.6 Å². The van der Waals surface area contributed by atoms with Crippen molar-refractivity contribution in [1.29, 1.82) is 0 Å². The van der Waals surface area contributed by atoms with Gasteiger partial charge in [0.15, 0.2) is 0 Å². The number of pyridine rings is 1. The number of rotatable bonds is 12. The van der Waals surface area contributed by atoms with Crippen LogP contribution in [0, 0.1) is 0 Å². The highest BCUT2D eigenvalue weighted by Crippen LogP contribution is 2.37. The fraction of sp³-hybridized carbons (Fsp3) is 0.190. The van der Waals surface area contributed by atoms with Crippen LogP contribution in [0.2, 0.25) is 0 Å². The number of amides is 1. The largest absolute Gasteiger partial charge is 0.506 e. The number of piperazine rings is 1. The molecule has 56 heavy (non-hydrogen) atoms. The van der Waals surface area contributed by atoms with E-state index in [9.17, 15) is 31.5 Å². The topological polar surface area (TPSA) is 115 Å². The van der Waals surface area contributed by atoms with Gasteiger partial charge in [0.2, 0.25) is 0 Å². The molecule has 6 aromatic rings. The molecule has 1 aliphatic heterocycles. The van der Waals surface area contributed by atoms with E-state index in [0.29, 0.717) is 11.8 Å². The first-order chi connectivity index (χ1) is 26.9. The molecule has 9 nitrogen and oxygen atoms in total. The quantitative estimate of drug-likeness (QED) is 0.0832. The van der Waals surface area contributed by atoms with Crippen LogP contribution in [-0.4, -0.2) is 67.8 Å². The summed E-state index contributed by atoms with van der Waals surface area (Å²) >= 11 is 1.48.